The molecule has 1 aliphatic rings. The lowest BCUT2D eigenvalue weighted by molar-refractivity contribution is -0.0156. The quantitative estimate of drug-likeness (QED) is 0.869. The van der Waals surface area contributed by atoms with E-state index in [1.807, 2.05) is 7.05 Å². The number of pyridine rings is 1. The van der Waals surface area contributed by atoms with E-state index in [4.69, 9.17) is 16.3 Å². The third-order valence-corrected chi connectivity index (χ3v) is 4.76. The molecule has 19 heavy (non-hydrogen) atoms. The molecule has 1 aromatic heterocycles. The van der Waals surface area contributed by atoms with E-state index >= 15 is 0 Å². The molecule has 0 aliphatic carbocycles. The van der Waals surface area contributed by atoms with Crippen molar-refractivity contribution in [1.82, 2.24) is 14.6 Å². The van der Waals surface area contributed by atoms with Gasteiger partial charge in [0.05, 0.1) is 17.7 Å². The van der Waals surface area contributed by atoms with Gasteiger partial charge in [0, 0.05) is 32.0 Å². The molecule has 0 aromatic carbocycles. The van der Waals surface area contributed by atoms with E-state index in [0.29, 0.717) is 13.2 Å². The van der Waals surface area contributed by atoms with Gasteiger partial charge in [0.25, 0.3) is 0 Å². The van der Waals surface area contributed by atoms with Crippen molar-refractivity contribution in [2.75, 3.05) is 33.3 Å². The standard InChI is InChI=1S/C11H16ClN3O3S/c1-15-4-5-18-9(8-15)6-14-19(16,17)11-7-13-3-2-10(11)12/h2-3,7,9,14H,4-6,8H2,1H3. The zero-order valence-electron chi connectivity index (χ0n) is 10.5. The molecule has 0 spiro atoms. The molecule has 106 valence electrons. The first kappa shape index (κ1) is 14.7. The molecule has 8 heteroatoms. The molecule has 0 bridgehead atoms. The zero-order valence-corrected chi connectivity index (χ0v) is 12.1. The van der Waals surface area contributed by atoms with Crippen molar-refractivity contribution in [3.63, 3.8) is 0 Å². The van der Waals surface area contributed by atoms with Gasteiger partial charge in [-0.2, -0.15) is 0 Å². The average Bonchev–Trinajstić information content (AvgIpc) is 2.37. The Morgan fingerprint density at radius 1 is 1.63 bits per heavy atom. The average molecular weight is 306 g/mol. The van der Waals surface area contributed by atoms with E-state index < -0.39 is 10.0 Å². The largest absolute Gasteiger partial charge is 0.374 e. The lowest BCUT2D eigenvalue weighted by Gasteiger charge is -2.30. The number of nitrogens with one attached hydrogen (secondary N) is 1. The summed E-state index contributed by atoms with van der Waals surface area (Å²) < 4.78 is 32.1. The first-order chi connectivity index (χ1) is 8.99. The van der Waals surface area contributed by atoms with Crippen LogP contribution in [0.4, 0.5) is 0 Å². The van der Waals surface area contributed by atoms with E-state index in [9.17, 15) is 8.42 Å². The third kappa shape index (κ3) is 3.87. The number of nitrogens with zero attached hydrogens (tertiary/aromatic N) is 2. The second-order valence-corrected chi connectivity index (χ2v) is 6.56. The first-order valence-electron chi connectivity index (χ1n) is 5.88. The van der Waals surface area contributed by atoms with Crippen molar-refractivity contribution in [2.24, 2.45) is 0 Å². The molecule has 6 nitrogen and oxygen atoms in total. The van der Waals surface area contributed by atoms with Crippen LogP contribution < -0.4 is 4.72 Å². The summed E-state index contributed by atoms with van der Waals surface area (Å²) >= 11 is 5.85. The van der Waals surface area contributed by atoms with Gasteiger partial charge in [-0.3, -0.25) is 4.98 Å². The molecule has 1 N–H and O–H groups in total. The number of hydrogen-bond acceptors (Lipinski definition) is 5. The Morgan fingerprint density at radius 3 is 3.11 bits per heavy atom. The minimum atomic E-state index is -3.65. The molecule has 1 saturated heterocycles. The molecule has 1 atom stereocenters. The molecule has 0 saturated carbocycles. The van der Waals surface area contributed by atoms with Crippen LogP contribution in [0.3, 0.4) is 0 Å². The van der Waals surface area contributed by atoms with Crippen molar-refractivity contribution >= 4 is 21.6 Å². The Labute approximate surface area is 117 Å². The van der Waals surface area contributed by atoms with Crippen molar-refractivity contribution in [2.45, 2.75) is 11.0 Å². The molecule has 1 unspecified atom stereocenters. The lowest BCUT2D eigenvalue weighted by atomic mass is 10.3. The molecule has 1 aliphatic heterocycles. The monoisotopic (exact) mass is 305 g/mol. The summed E-state index contributed by atoms with van der Waals surface area (Å²) in [6.45, 7) is 2.38. The molecule has 2 heterocycles. The zero-order chi connectivity index (χ0) is 13.9. The number of morpholine rings is 1. The van der Waals surface area contributed by atoms with Gasteiger partial charge in [0.2, 0.25) is 10.0 Å². The van der Waals surface area contributed by atoms with E-state index in [-0.39, 0.29) is 22.6 Å². The highest BCUT2D eigenvalue weighted by Gasteiger charge is 2.22. The van der Waals surface area contributed by atoms with Crippen molar-refractivity contribution in [3.05, 3.63) is 23.5 Å². The van der Waals surface area contributed by atoms with Gasteiger partial charge < -0.3 is 9.64 Å². The summed E-state index contributed by atoms with van der Waals surface area (Å²) in [4.78, 5) is 5.86. The summed E-state index contributed by atoms with van der Waals surface area (Å²) in [6.07, 6.45) is 2.53. The summed E-state index contributed by atoms with van der Waals surface area (Å²) in [6, 6.07) is 1.45. The molecule has 2 rings (SSSR count). The highest BCUT2D eigenvalue weighted by atomic mass is 35.5. The van der Waals surface area contributed by atoms with E-state index in [1.54, 1.807) is 0 Å². The van der Waals surface area contributed by atoms with Crippen LogP contribution in [0.25, 0.3) is 0 Å². The van der Waals surface area contributed by atoms with Crippen LogP contribution in [-0.2, 0) is 14.8 Å². The number of hydrogen-bond donors (Lipinski definition) is 1. The smallest absolute Gasteiger partial charge is 0.243 e. The number of halogens is 1. The second-order valence-electron chi connectivity index (χ2n) is 4.41. The van der Waals surface area contributed by atoms with Crippen LogP contribution in [0.2, 0.25) is 5.02 Å². The van der Waals surface area contributed by atoms with Crippen LogP contribution in [0.15, 0.2) is 23.4 Å². The van der Waals surface area contributed by atoms with E-state index in [1.165, 1.54) is 18.5 Å². The Bertz CT molecular complexity index is 538. The van der Waals surface area contributed by atoms with E-state index in [0.717, 1.165) is 6.54 Å². The number of aromatic nitrogens is 1. The predicted molar refractivity (Wildman–Crippen MR) is 71.7 cm³/mol. The third-order valence-electron chi connectivity index (χ3n) is 2.87. The van der Waals surface area contributed by atoms with Gasteiger partial charge in [0.1, 0.15) is 4.90 Å². The minimum Gasteiger partial charge on any atom is -0.374 e. The fourth-order valence-electron chi connectivity index (χ4n) is 1.83. The topological polar surface area (TPSA) is 71.5 Å². The van der Waals surface area contributed by atoms with Gasteiger partial charge in [-0.25, -0.2) is 13.1 Å². The summed E-state index contributed by atoms with van der Waals surface area (Å²) in [5.41, 5.74) is 0. The molecule has 1 fully saturated rings. The van der Waals surface area contributed by atoms with Gasteiger partial charge in [-0.05, 0) is 13.1 Å². The van der Waals surface area contributed by atoms with Crippen LogP contribution in [0, 0.1) is 0 Å². The van der Waals surface area contributed by atoms with Crippen molar-refractivity contribution < 1.29 is 13.2 Å². The van der Waals surface area contributed by atoms with Gasteiger partial charge >= 0.3 is 0 Å². The Morgan fingerprint density at radius 2 is 2.42 bits per heavy atom. The number of sulfonamides is 1. The van der Waals surface area contributed by atoms with Gasteiger partial charge in [-0.1, -0.05) is 11.6 Å². The van der Waals surface area contributed by atoms with Crippen LogP contribution in [0.1, 0.15) is 0 Å². The van der Waals surface area contributed by atoms with Gasteiger partial charge in [0.15, 0.2) is 0 Å². The van der Waals surface area contributed by atoms with Crippen molar-refractivity contribution in [1.29, 1.82) is 0 Å². The molecular formula is C11H16ClN3O3S. The number of rotatable bonds is 4. The lowest BCUT2D eigenvalue weighted by Crippen LogP contribution is -2.45. The molecular weight excluding hydrogens is 290 g/mol. The second kappa shape index (κ2) is 6.15. The highest BCUT2D eigenvalue weighted by molar-refractivity contribution is 7.89. The highest BCUT2D eigenvalue weighted by Crippen LogP contribution is 2.18. The minimum absolute atomic E-state index is 0.0131. The maximum absolute atomic E-state index is 12.1. The first-order valence-corrected chi connectivity index (χ1v) is 7.74. The van der Waals surface area contributed by atoms with Crippen LogP contribution >= 0.6 is 11.6 Å². The maximum Gasteiger partial charge on any atom is 0.243 e. The number of likely N-dealkylation sites (N-methyl/N-ethyl adjacent to an activating group) is 1. The van der Waals surface area contributed by atoms with E-state index in [2.05, 4.69) is 14.6 Å². The van der Waals surface area contributed by atoms with Crippen LogP contribution in [-0.4, -0.2) is 57.7 Å². The summed E-state index contributed by atoms with van der Waals surface area (Å²) in [5.74, 6) is 0. The van der Waals surface area contributed by atoms with Crippen molar-refractivity contribution in [3.8, 4) is 0 Å². The summed E-state index contributed by atoms with van der Waals surface area (Å²) in [5, 5.41) is 0.157. The Hall–Kier alpha value is -0.730. The Balaban J connectivity index is 2.00. The Kier molecular flexibility index (Phi) is 4.75. The number of ether oxygens (including phenoxy) is 1. The molecule has 0 radical (unpaired) electrons. The normalized spacial score (nSPS) is 21.5. The SMILES string of the molecule is CN1CCOC(CNS(=O)(=O)c2cnccc2Cl)C1. The fraction of sp³-hybridized carbons (Fsp3) is 0.545. The van der Waals surface area contributed by atoms with Crippen LogP contribution in [0.5, 0.6) is 0 Å². The molecule has 0 amide bonds. The maximum atomic E-state index is 12.1. The van der Waals surface area contributed by atoms with Gasteiger partial charge in [-0.15, -0.1) is 0 Å². The predicted octanol–water partition coefficient (Wildman–Crippen LogP) is 0.344. The molecule has 1 aromatic rings. The summed E-state index contributed by atoms with van der Waals surface area (Å²) in [7, 11) is -1.68. The fourth-order valence-corrected chi connectivity index (χ4v) is 3.33.